The minimum absolute atomic E-state index is 0.0203. The van der Waals surface area contributed by atoms with Crippen LogP contribution in [0.5, 0.6) is 0 Å². The summed E-state index contributed by atoms with van der Waals surface area (Å²) in [5, 5.41) is 0. The van der Waals surface area contributed by atoms with Crippen LogP contribution in [0.4, 0.5) is 0 Å². The van der Waals surface area contributed by atoms with Gasteiger partial charge in [0.05, 0.1) is 0 Å². The number of thiol groups is 1. The lowest BCUT2D eigenvalue weighted by molar-refractivity contribution is -0.111. The van der Waals surface area contributed by atoms with Gasteiger partial charge in [-0.3, -0.25) is 4.79 Å². The molecule has 0 saturated heterocycles. The summed E-state index contributed by atoms with van der Waals surface area (Å²) in [6, 6.07) is 0. The van der Waals surface area contributed by atoms with Gasteiger partial charge in [0.2, 0.25) is 0 Å². The lowest BCUT2D eigenvalue weighted by atomic mass is 10.0. The molecule has 1 saturated carbocycles. The van der Waals surface area contributed by atoms with Crippen LogP contribution >= 0.6 is 12.6 Å². The van der Waals surface area contributed by atoms with E-state index in [4.69, 9.17) is 0 Å². The van der Waals surface area contributed by atoms with Gasteiger partial charge in [-0.25, -0.2) is 0 Å². The zero-order chi connectivity index (χ0) is 14.4. The van der Waals surface area contributed by atoms with Gasteiger partial charge in [0.25, 0.3) is 0 Å². The van der Waals surface area contributed by atoms with Gasteiger partial charge in [-0.05, 0) is 29.9 Å². The zero-order valence-electron chi connectivity index (χ0n) is 11.3. The summed E-state index contributed by atoms with van der Waals surface area (Å²) in [4.78, 5) is 13.2. The van der Waals surface area contributed by atoms with Gasteiger partial charge in [0.1, 0.15) is 0 Å². The van der Waals surface area contributed by atoms with Crippen LogP contribution in [-0.2, 0) is 4.79 Å². The van der Waals surface area contributed by atoms with Gasteiger partial charge in [-0.2, -0.15) is 0 Å². The van der Waals surface area contributed by atoms with Crippen molar-refractivity contribution in [2.45, 2.75) is 13.8 Å². The predicted octanol–water partition coefficient (Wildman–Crippen LogP) is 4.50. The van der Waals surface area contributed by atoms with E-state index in [1.54, 1.807) is 18.2 Å². The highest BCUT2D eigenvalue weighted by Crippen LogP contribution is 2.37. The number of ketones is 1. The third-order valence-corrected chi connectivity index (χ3v) is 2.86. The Bertz CT molecular complexity index is 562. The quantitative estimate of drug-likeness (QED) is 0.590. The van der Waals surface area contributed by atoms with Crippen LogP contribution in [0.2, 0.25) is 0 Å². The molecule has 0 unspecified atom stereocenters. The van der Waals surface area contributed by atoms with E-state index in [-0.39, 0.29) is 5.78 Å². The highest BCUT2D eigenvalue weighted by Gasteiger charge is 2.31. The average Bonchev–Trinajstić information content (AvgIpc) is 2.61. The molecule has 1 rings (SSSR count). The monoisotopic (exact) mass is 270 g/mol. The van der Waals surface area contributed by atoms with Gasteiger partial charge >= 0.3 is 0 Å². The molecule has 0 bridgehead atoms. The molecule has 0 heterocycles. The summed E-state index contributed by atoms with van der Waals surface area (Å²) in [6.07, 6.45) is 12.5. The minimum Gasteiger partial charge on any atom is -0.289 e. The van der Waals surface area contributed by atoms with Crippen molar-refractivity contribution < 1.29 is 4.79 Å². The van der Waals surface area contributed by atoms with E-state index >= 15 is 0 Å². The van der Waals surface area contributed by atoms with Crippen LogP contribution in [0.3, 0.4) is 0 Å². The van der Waals surface area contributed by atoms with Crippen LogP contribution in [-0.4, -0.2) is 5.78 Å². The number of rotatable bonds is 3. The molecule has 0 aliphatic heterocycles. The molecule has 0 N–H and O–H groups in total. The lowest BCUT2D eigenvalue weighted by Crippen LogP contribution is -1.95. The maximum absolute atomic E-state index is 12.3. The third-order valence-electron chi connectivity index (χ3n) is 2.71. The molecule has 1 nitrogen and oxygen atoms in total. The second-order valence-electron chi connectivity index (χ2n) is 4.05. The SMILES string of the molecule is C=CC=C1C(=C/C=C(\C)S)/C(=C\C)C(=O)/C1=C/C=C. The third kappa shape index (κ3) is 3.36. The predicted molar refractivity (Wildman–Crippen MR) is 86.2 cm³/mol. The Labute approximate surface area is 120 Å². The molecular formula is C17H18OS. The molecule has 2 heteroatoms. The Morgan fingerprint density at radius 2 is 1.53 bits per heavy atom. The summed E-state index contributed by atoms with van der Waals surface area (Å²) < 4.78 is 0. The Morgan fingerprint density at radius 3 is 2.00 bits per heavy atom. The van der Waals surface area contributed by atoms with Crippen molar-refractivity contribution >= 4 is 18.4 Å². The maximum Gasteiger partial charge on any atom is 0.193 e. The molecule has 98 valence electrons. The first-order chi connectivity index (χ1) is 9.06. The molecule has 0 aromatic heterocycles. The van der Waals surface area contributed by atoms with E-state index in [0.717, 1.165) is 16.1 Å². The molecule has 0 radical (unpaired) electrons. The molecule has 0 atom stereocenters. The first kappa shape index (κ1) is 15.3. The molecule has 1 aliphatic carbocycles. The fourth-order valence-electron chi connectivity index (χ4n) is 1.93. The summed E-state index contributed by atoms with van der Waals surface area (Å²) in [7, 11) is 0. The second kappa shape index (κ2) is 6.95. The van der Waals surface area contributed by atoms with Crippen molar-refractivity contribution in [1.29, 1.82) is 0 Å². The Morgan fingerprint density at radius 1 is 1.00 bits per heavy atom. The molecule has 19 heavy (non-hydrogen) atoms. The van der Waals surface area contributed by atoms with E-state index in [9.17, 15) is 4.79 Å². The van der Waals surface area contributed by atoms with E-state index < -0.39 is 0 Å². The van der Waals surface area contributed by atoms with Crippen LogP contribution in [0, 0.1) is 0 Å². The number of hydrogen-bond donors (Lipinski definition) is 1. The minimum atomic E-state index is 0.0203. The first-order valence-electron chi connectivity index (χ1n) is 6.01. The summed E-state index contributed by atoms with van der Waals surface area (Å²) >= 11 is 4.24. The zero-order valence-corrected chi connectivity index (χ0v) is 12.2. The molecular weight excluding hydrogens is 252 g/mol. The Kier molecular flexibility index (Phi) is 5.58. The van der Waals surface area contributed by atoms with Crippen LogP contribution in [0.15, 0.2) is 82.9 Å². The molecule has 1 fully saturated rings. The van der Waals surface area contributed by atoms with Gasteiger partial charge in [0, 0.05) is 11.1 Å². The Balaban J connectivity index is 3.54. The summed E-state index contributed by atoms with van der Waals surface area (Å²) in [5.41, 5.74) is 3.12. The molecule has 0 spiro atoms. The second-order valence-corrected chi connectivity index (χ2v) is 4.76. The average molecular weight is 270 g/mol. The van der Waals surface area contributed by atoms with Gasteiger partial charge in [-0.1, -0.05) is 55.7 Å². The van der Waals surface area contributed by atoms with Crippen LogP contribution < -0.4 is 0 Å². The molecule has 0 amide bonds. The van der Waals surface area contributed by atoms with Gasteiger partial charge in [-0.15, -0.1) is 12.6 Å². The van der Waals surface area contributed by atoms with Crippen molar-refractivity contribution in [2.24, 2.45) is 0 Å². The number of allylic oxidation sites excluding steroid dienone is 12. The van der Waals surface area contributed by atoms with Crippen molar-refractivity contribution in [3.05, 3.63) is 82.9 Å². The maximum atomic E-state index is 12.3. The van der Waals surface area contributed by atoms with Crippen molar-refractivity contribution in [3.8, 4) is 0 Å². The standard InChI is InChI=1S/C17H18OS/c1-5-8-14-15(11-10-12(4)19)13(7-3)17(18)16(14)9-6-2/h5-11,19H,1-2H2,3-4H3/b12-10+,13-7+,14-8?,15-11+,16-9+. The topological polar surface area (TPSA) is 17.1 Å². The van der Waals surface area contributed by atoms with Crippen LogP contribution in [0.25, 0.3) is 0 Å². The lowest BCUT2D eigenvalue weighted by Gasteiger charge is -2.00. The molecule has 0 aromatic carbocycles. The van der Waals surface area contributed by atoms with E-state index in [2.05, 4.69) is 25.8 Å². The largest absolute Gasteiger partial charge is 0.289 e. The van der Waals surface area contributed by atoms with Crippen LogP contribution in [0.1, 0.15) is 13.8 Å². The van der Waals surface area contributed by atoms with Crippen molar-refractivity contribution in [2.75, 3.05) is 0 Å². The number of Topliss-reactive ketones (excluding diaryl/α,β-unsaturated/α-hetero) is 1. The van der Waals surface area contributed by atoms with Gasteiger partial charge in [0.15, 0.2) is 5.78 Å². The normalized spacial score (nSPS) is 24.8. The highest BCUT2D eigenvalue weighted by atomic mass is 32.1. The van der Waals surface area contributed by atoms with E-state index in [1.165, 1.54) is 0 Å². The number of carbonyl (C=O) groups excluding carboxylic acids is 1. The molecule has 1 aliphatic rings. The summed E-state index contributed by atoms with van der Waals surface area (Å²) in [6.45, 7) is 11.1. The molecule has 0 aromatic rings. The van der Waals surface area contributed by atoms with Crippen molar-refractivity contribution in [3.63, 3.8) is 0 Å². The number of hydrogen-bond acceptors (Lipinski definition) is 2. The Hall–Kier alpha value is -1.80. The fourth-order valence-corrected chi connectivity index (χ4v) is 2.01. The smallest absolute Gasteiger partial charge is 0.193 e. The van der Waals surface area contributed by atoms with E-state index in [0.29, 0.717) is 11.1 Å². The van der Waals surface area contributed by atoms with Gasteiger partial charge < -0.3 is 0 Å². The summed E-state index contributed by atoms with van der Waals surface area (Å²) in [5.74, 6) is 0.0203. The number of carbonyl (C=O) groups is 1. The van der Waals surface area contributed by atoms with Crippen molar-refractivity contribution in [1.82, 2.24) is 0 Å². The highest BCUT2D eigenvalue weighted by molar-refractivity contribution is 7.84. The fraction of sp³-hybridized carbons (Fsp3) is 0.118. The first-order valence-corrected chi connectivity index (χ1v) is 6.46. The van der Waals surface area contributed by atoms with E-state index in [1.807, 2.05) is 38.2 Å².